The number of hydrogen-bond acceptors (Lipinski definition) is 6. The number of cyclic esters (lactones) is 1. The minimum atomic E-state index is -0.942. The first-order chi connectivity index (χ1) is 14.1. The smallest absolute Gasteiger partial charge is 0.416 e. The van der Waals surface area contributed by atoms with E-state index in [0.29, 0.717) is 45.3 Å². The van der Waals surface area contributed by atoms with Gasteiger partial charge in [-0.1, -0.05) is 35.4 Å². The molecule has 154 valence electrons. The van der Waals surface area contributed by atoms with Gasteiger partial charge in [-0.05, 0) is 36.3 Å². The molecule has 2 amide bonds. The van der Waals surface area contributed by atoms with Crippen molar-refractivity contribution >= 4 is 12.0 Å². The van der Waals surface area contributed by atoms with Crippen LogP contribution in [0.1, 0.15) is 31.2 Å². The van der Waals surface area contributed by atoms with E-state index >= 15 is 0 Å². The first-order valence-electron chi connectivity index (χ1n) is 9.98. The average Bonchev–Trinajstić information content (AvgIpc) is 3.34. The second-order valence-corrected chi connectivity index (χ2v) is 7.72. The van der Waals surface area contributed by atoms with E-state index in [9.17, 15) is 9.59 Å². The molecule has 2 heterocycles. The quantitative estimate of drug-likeness (QED) is 0.428. The topological polar surface area (TPSA) is 114 Å². The van der Waals surface area contributed by atoms with Crippen LogP contribution in [0.5, 0.6) is 0 Å². The molecule has 0 unspecified atom stereocenters. The lowest BCUT2D eigenvalue weighted by atomic mass is 9.80. The van der Waals surface area contributed by atoms with Crippen LogP contribution in [0.15, 0.2) is 35.4 Å². The second kappa shape index (κ2) is 8.41. The second-order valence-electron chi connectivity index (χ2n) is 7.72. The monoisotopic (exact) mass is 400 g/mol. The van der Waals surface area contributed by atoms with E-state index in [1.165, 1.54) is 0 Å². The molecular weight excluding hydrogens is 376 g/mol. The normalized spacial score (nSPS) is 24.9. The summed E-state index contributed by atoms with van der Waals surface area (Å²) in [6.07, 6.45) is 2.35. The Morgan fingerprint density at radius 3 is 2.59 bits per heavy atom. The number of benzene rings is 1. The maximum absolute atomic E-state index is 13.3. The van der Waals surface area contributed by atoms with Crippen LogP contribution >= 0.6 is 0 Å². The van der Waals surface area contributed by atoms with Crippen molar-refractivity contribution in [1.29, 1.82) is 0 Å². The van der Waals surface area contributed by atoms with E-state index in [2.05, 4.69) is 10.0 Å². The summed E-state index contributed by atoms with van der Waals surface area (Å²) in [5.41, 5.74) is 10.1. The first-order valence-corrected chi connectivity index (χ1v) is 9.98. The Morgan fingerprint density at radius 2 is 1.93 bits per heavy atom. The number of carbonyl (C=O) groups is 2. The molecule has 3 aliphatic rings. The number of nitrogens with zero attached hydrogens (tertiary/aromatic N) is 4. The van der Waals surface area contributed by atoms with Gasteiger partial charge >= 0.3 is 6.09 Å². The molecule has 9 nitrogen and oxygen atoms in total. The fourth-order valence-electron chi connectivity index (χ4n) is 4.49. The summed E-state index contributed by atoms with van der Waals surface area (Å²) in [6, 6.07) is 8.26. The molecule has 2 saturated heterocycles. The molecule has 3 fully saturated rings. The standard InChI is InChI=1S/C20H24N4O5/c21-23-22-17(15-6-8-20(9-7-15)28-10-11-29-20)18(25)24-16(13-27-19(24)26)12-14-4-2-1-3-5-14/h1-5,15-17H,6-13H2/t16-,17-/m0/s1. The van der Waals surface area contributed by atoms with Gasteiger partial charge in [0.2, 0.25) is 5.91 Å². The van der Waals surface area contributed by atoms with E-state index in [0.717, 1.165) is 10.5 Å². The lowest BCUT2D eigenvalue weighted by Crippen LogP contribution is -2.48. The first kappa shape index (κ1) is 19.7. The molecule has 1 aliphatic carbocycles. The summed E-state index contributed by atoms with van der Waals surface area (Å²) in [5, 5.41) is 3.78. The maximum Gasteiger partial charge on any atom is 0.416 e. The Kier molecular flexibility index (Phi) is 5.71. The summed E-state index contributed by atoms with van der Waals surface area (Å²) in [7, 11) is 0. The molecule has 29 heavy (non-hydrogen) atoms. The number of carbonyl (C=O) groups excluding carboxylic acids is 2. The molecule has 0 bridgehead atoms. The fraction of sp³-hybridized carbons (Fsp3) is 0.600. The van der Waals surface area contributed by atoms with Crippen molar-refractivity contribution in [1.82, 2.24) is 4.90 Å². The van der Waals surface area contributed by atoms with Crippen molar-refractivity contribution in [3.05, 3.63) is 46.3 Å². The maximum atomic E-state index is 13.3. The van der Waals surface area contributed by atoms with Gasteiger partial charge in [0, 0.05) is 17.8 Å². The van der Waals surface area contributed by atoms with Gasteiger partial charge in [-0.2, -0.15) is 0 Å². The van der Waals surface area contributed by atoms with Crippen molar-refractivity contribution < 1.29 is 23.8 Å². The molecule has 0 aromatic heterocycles. The molecule has 2 aliphatic heterocycles. The molecule has 0 radical (unpaired) electrons. The number of rotatable bonds is 5. The Morgan fingerprint density at radius 1 is 1.24 bits per heavy atom. The van der Waals surface area contributed by atoms with Crippen molar-refractivity contribution in [2.45, 2.75) is 50.0 Å². The van der Waals surface area contributed by atoms with Gasteiger partial charge in [-0.3, -0.25) is 4.79 Å². The zero-order valence-electron chi connectivity index (χ0n) is 16.1. The number of imide groups is 1. The van der Waals surface area contributed by atoms with Crippen molar-refractivity contribution in [2.75, 3.05) is 19.8 Å². The lowest BCUT2D eigenvalue weighted by molar-refractivity contribution is -0.184. The van der Waals surface area contributed by atoms with Gasteiger partial charge in [-0.15, -0.1) is 0 Å². The molecule has 4 rings (SSSR count). The molecular formula is C20H24N4O5. The van der Waals surface area contributed by atoms with E-state index in [4.69, 9.17) is 19.7 Å². The van der Waals surface area contributed by atoms with E-state index in [1.54, 1.807) is 0 Å². The van der Waals surface area contributed by atoms with Crippen molar-refractivity contribution in [3.63, 3.8) is 0 Å². The lowest BCUT2D eigenvalue weighted by Gasteiger charge is -2.37. The van der Waals surface area contributed by atoms with Crippen LogP contribution in [0.2, 0.25) is 0 Å². The van der Waals surface area contributed by atoms with Crippen LogP contribution in [0, 0.1) is 5.92 Å². The molecule has 9 heteroatoms. The average molecular weight is 400 g/mol. The number of hydrogen-bond donors (Lipinski definition) is 0. The van der Waals surface area contributed by atoms with E-state index in [1.807, 2.05) is 30.3 Å². The molecule has 0 N–H and O–H groups in total. The van der Waals surface area contributed by atoms with Crippen molar-refractivity contribution in [2.24, 2.45) is 11.0 Å². The molecule has 1 spiro atoms. The highest BCUT2D eigenvalue weighted by atomic mass is 16.7. The van der Waals surface area contributed by atoms with Gasteiger partial charge in [0.05, 0.1) is 19.3 Å². The van der Waals surface area contributed by atoms with Crippen LogP contribution < -0.4 is 0 Å². The third kappa shape index (κ3) is 4.07. The van der Waals surface area contributed by atoms with Gasteiger partial charge in [-0.25, -0.2) is 9.69 Å². The Labute approximate surface area is 168 Å². The summed E-state index contributed by atoms with van der Waals surface area (Å²) < 4.78 is 16.6. The summed E-state index contributed by atoms with van der Waals surface area (Å²) in [6.45, 7) is 1.28. The van der Waals surface area contributed by atoms with Crippen LogP contribution in [0.4, 0.5) is 4.79 Å². The molecule has 1 saturated carbocycles. The molecule has 1 aromatic carbocycles. The highest BCUT2D eigenvalue weighted by molar-refractivity contribution is 5.96. The number of amides is 2. The van der Waals surface area contributed by atoms with Gasteiger partial charge in [0.25, 0.3) is 0 Å². The number of ether oxygens (including phenoxy) is 3. The predicted octanol–water partition coefficient (Wildman–Crippen LogP) is 3.19. The summed E-state index contributed by atoms with van der Waals surface area (Å²) in [4.78, 5) is 29.6. The summed E-state index contributed by atoms with van der Waals surface area (Å²) in [5.74, 6) is -1.22. The molecule has 1 aromatic rings. The zero-order chi connectivity index (χ0) is 20.3. The molecule has 2 atom stereocenters. The van der Waals surface area contributed by atoms with Gasteiger partial charge < -0.3 is 14.2 Å². The van der Waals surface area contributed by atoms with E-state index in [-0.39, 0.29) is 12.5 Å². The minimum Gasteiger partial charge on any atom is -0.447 e. The van der Waals surface area contributed by atoms with Crippen LogP contribution in [0.25, 0.3) is 10.4 Å². The zero-order valence-corrected chi connectivity index (χ0v) is 16.1. The van der Waals surface area contributed by atoms with Crippen LogP contribution in [0.3, 0.4) is 0 Å². The Hall–Kier alpha value is -2.61. The SMILES string of the molecule is [N-]=[N+]=N[C@H](C(=O)N1C(=O)OC[C@@H]1Cc1ccccc1)C1CCC2(CC1)OCCO2. The highest BCUT2D eigenvalue weighted by Gasteiger charge is 2.46. The third-order valence-electron chi connectivity index (χ3n) is 5.99. The van der Waals surface area contributed by atoms with Crippen molar-refractivity contribution in [3.8, 4) is 0 Å². The van der Waals surface area contributed by atoms with Gasteiger partial charge in [0.1, 0.15) is 12.6 Å². The fourth-order valence-corrected chi connectivity index (χ4v) is 4.49. The third-order valence-corrected chi connectivity index (χ3v) is 5.99. The van der Waals surface area contributed by atoms with E-state index < -0.39 is 29.9 Å². The summed E-state index contributed by atoms with van der Waals surface area (Å²) >= 11 is 0. The highest BCUT2D eigenvalue weighted by Crippen LogP contribution is 2.40. The predicted molar refractivity (Wildman–Crippen MR) is 102 cm³/mol. The van der Waals surface area contributed by atoms with Crippen LogP contribution in [-0.2, 0) is 25.4 Å². The number of azide groups is 1. The van der Waals surface area contributed by atoms with Gasteiger partial charge in [0.15, 0.2) is 5.79 Å². The minimum absolute atomic E-state index is 0.137. The largest absolute Gasteiger partial charge is 0.447 e. The Bertz CT molecular complexity index is 794. The van der Waals surface area contributed by atoms with Crippen LogP contribution in [-0.4, -0.2) is 54.6 Å². The Balaban J connectivity index is 1.48.